The molecule has 0 unspecified atom stereocenters. The summed E-state index contributed by atoms with van der Waals surface area (Å²) in [4.78, 5) is 12.7. The number of benzene rings is 2. The summed E-state index contributed by atoms with van der Waals surface area (Å²) in [6, 6.07) is 2.20. The highest BCUT2D eigenvalue weighted by atomic mass is 32.2. The molecule has 0 saturated carbocycles. The number of rotatable bonds is 7. The van der Waals surface area contributed by atoms with Crippen molar-refractivity contribution in [3.63, 3.8) is 0 Å². The Labute approximate surface area is 222 Å². The second-order valence-electron chi connectivity index (χ2n) is 10.1. The van der Waals surface area contributed by atoms with Gasteiger partial charge in [-0.25, -0.2) is 18.0 Å². The van der Waals surface area contributed by atoms with E-state index in [0.717, 1.165) is 24.3 Å². The van der Waals surface area contributed by atoms with Crippen LogP contribution in [0.25, 0.3) is 6.08 Å². The van der Waals surface area contributed by atoms with E-state index in [1.165, 1.54) is 38.7 Å². The monoisotopic (exact) mass is 579 g/mol. The molecule has 1 N–H and O–H groups in total. The van der Waals surface area contributed by atoms with Crippen LogP contribution in [0.5, 0.6) is 5.75 Å². The van der Waals surface area contributed by atoms with Crippen molar-refractivity contribution >= 4 is 22.2 Å². The van der Waals surface area contributed by atoms with Gasteiger partial charge in [0.25, 0.3) is 0 Å². The first-order valence-electron chi connectivity index (χ1n) is 11.7. The first-order chi connectivity index (χ1) is 17.7. The molecule has 2 atom stereocenters. The van der Waals surface area contributed by atoms with Crippen LogP contribution in [0.3, 0.4) is 0 Å². The molecular formula is C26H27F6NO5S. The van der Waals surface area contributed by atoms with Gasteiger partial charge in [-0.05, 0) is 87.6 Å². The second kappa shape index (κ2) is 10.5. The third kappa shape index (κ3) is 6.40. The van der Waals surface area contributed by atoms with E-state index in [-0.39, 0.29) is 35.2 Å². The normalized spacial score (nSPS) is 19.1. The summed E-state index contributed by atoms with van der Waals surface area (Å²) in [7, 11) is -5.98. The molecule has 2 aromatic carbocycles. The van der Waals surface area contributed by atoms with Gasteiger partial charge in [-0.1, -0.05) is 6.07 Å². The van der Waals surface area contributed by atoms with E-state index < -0.39 is 62.3 Å². The van der Waals surface area contributed by atoms with E-state index in [1.54, 1.807) is 6.92 Å². The van der Waals surface area contributed by atoms with Crippen molar-refractivity contribution in [2.24, 2.45) is 0 Å². The van der Waals surface area contributed by atoms with Gasteiger partial charge in [0, 0.05) is 23.7 Å². The molecule has 1 heterocycles. The number of carboxylic acid groups (broad SMARTS) is 1. The van der Waals surface area contributed by atoms with Crippen molar-refractivity contribution in [1.82, 2.24) is 4.90 Å². The zero-order valence-electron chi connectivity index (χ0n) is 21.7. The first-order valence-corrected chi connectivity index (χ1v) is 13.1. The Bertz CT molecular complexity index is 1410. The van der Waals surface area contributed by atoms with Crippen molar-refractivity contribution in [3.05, 3.63) is 69.3 Å². The molecule has 3 rings (SSSR count). The van der Waals surface area contributed by atoms with Gasteiger partial charge < -0.3 is 9.29 Å². The molecule has 0 aromatic heterocycles. The average molecular weight is 580 g/mol. The summed E-state index contributed by atoms with van der Waals surface area (Å²) in [5.74, 6) is -3.98. The van der Waals surface area contributed by atoms with Gasteiger partial charge in [0.1, 0.15) is 23.1 Å². The maximum absolute atomic E-state index is 15.5. The first kappa shape index (κ1) is 30.5. The van der Waals surface area contributed by atoms with Crippen LogP contribution >= 0.6 is 0 Å². The van der Waals surface area contributed by atoms with Crippen molar-refractivity contribution in [1.29, 1.82) is 0 Å². The molecule has 0 bridgehead atoms. The van der Waals surface area contributed by atoms with Gasteiger partial charge in [-0.3, -0.25) is 4.90 Å². The topological polar surface area (TPSA) is 83.9 Å². The van der Waals surface area contributed by atoms with E-state index in [4.69, 9.17) is 5.11 Å². The molecule has 0 saturated heterocycles. The number of carboxylic acids is 1. The predicted octanol–water partition coefficient (Wildman–Crippen LogP) is 6.07. The maximum atomic E-state index is 15.5. The quantitative estimate of drug-likeness (QED) is 0.186. The highest BCUT2D eigenvalue weighted by molar-refractivity contribution is 7.88. The van der Waals surface area contributed by atoms with Crippen LogP contribution in [0, 0.1) is 18.6 Å². The molecule has 2 aromatic rings. The van der Waals surface area contributed by atoms with E-state index >= 15 is 8.78 Å². The van der Waals surface area contributed by atoms with E-state index in [0.29, 0.717) is 5.56 Å². The maximum Gasteiger partial charge on any atom is 0.534 e. The predicted molar refractivity (Wildman–Crippen MR) is 131 cm³/mol. The number of aliphatic carboxylic acids is 1. The summed E-state index contributed by atoms with van der Waals surface area (Å²) in [5, 5.41) is 9.08. The standard InChI is InChI=1S/C26H27F6NO5S/c1-13(24(34)35)8-16-10-19(27)22(20(28)11-16)23-17-6-7-21(38-39(36,37)26(30,31)32)15(3)18(17)9-14(2)33(23)12-25(4,5)29/h6-8,10-11,14,23H,9,12H2,1-5H3,(H,34,35)/b13-8+/t14-,23+/m0/s1. The lowest BCUT2D eigenvalue weighted by molar-refractivity contribution is -0.132. The molecule has 1 aliphatic heterocycles. The summed E-state index contributed by atoms with van der Waals surface area (Å²) >= 11 is 0. The lowest BCUT2D eigenvalue weighted by atomic mass is 9.81. The Morgan fingerprint density at radius 3 is 2.21 bits per heavy atom. The number of nitrogens with zero attached hydrogens (tertiary/aromatic N) is 1. The van der Waals surface area contributed by atoms with Crippen LogP contribution in [0.1, 0.15) is 61.6 Å². The lowest BCUT2D eigenvalue weighted by Gasteiger charge is -2.44. The summed E-state index contributed by atoms with van der Waals surface area (Å²) < 4.78 is 112. The second-order valence-corrected chi connectivity index (χ2v) is 11.7. The van der Waals surface area contributed by atoms with Crippen LogP contribution in [-0.4, -0.2) is 48.2 Å². The number of fused-ring (bicyclic) bond motifs is 1. The zero-order chi connectivity index (χ0) is 29.7. The fourth-order valence-corrected chi connectivity index (χ4v) is 5.16. The molecule has 0 fully saturated rings. The lowest BCUT2D eigenvalue weighted by Crippen LogP contribution is -2.48. The van der Waals surface area contributed by atoms with E-state index in [9.17, 15) is 30.8 Å². The smallest absolute Gasteiger partial charge is 0.478 e. The Kier molecular flexibility index (Phi) is 8.20. The van der Waals surface area contributed by atoms with Gasteiger partial charge >= 0.3 is 21.6 Å². The SMILES string of the molecule is C/C(=C\c1cc(F)c([C@H]2c3ccc(OS(=O)(=O)C(F)(F)F)c(C)c3C[C@H](C)N2CC(C)(C)F)c(F)c1)C(=O)O. The van der Waals surface area contributed by atoms with Crippen molar-refractivity contribution < 1.29 is 48.8 Å². The summed E-state index contributed by atoms with van der Waals surface area (Å²) in [6.45, 7) is 6.52. The minimum Gasteiger partial charge on any atom is -0.478 e. The molecule has 0 spiro atoms. The third-order valence-electron chi connectivity index (χ3n) is 6.41. The van der Waals surface area contributed by atoms with E-state index in [1.807, 2.05) is 0 Å². The Morgan fingerprint density at radius 1 is 1.15 bits per heavy atom. The van der Waals surface area contributed by atoms with Crippen molar-refractivity contribution in [3.8, 4) is 5.75 Å². The largest absolute Gasteiger partial charge is 0.534 e. The van der Waals surface area contributed by atoms with Gasteiger partial charge in [0.05, 0.1) is 6.04 Å². The van der Waals surface area contributed by atoms with Crippen LogP contribution < -0.4 is 4.18 Å². The fourth-order valence-electron chi connectivity index (χ4n) is 4.65. The van der Waals surface area contributed by atoms with Crippen molar-refractivity contribution in [2.45, 2.75) is 64.3 Å². The van der Waals surface area contributed by atoms with Crippen molar-refractivity contribution in [2.75, 3.05) is 6.54 Å². The molecule has 0 amide bonds. The Morgan fingerprint density at radius 2 is 1.72 bits per heavy atom. The molecule has 0 radical (unpaired) electrons. The van der Waals surface area contributed by atoms with E-state index in [2.05, 4.69) is 4.18 Å². The van der Waals surface area contributed by atoms with Crippen LogP contribution in [0.4, 0.5) is 26.3 Å². The molecule has 0 aliphatic carbocycles. The van der Waals surface area contributed by atoms with Gasteiger partial charge in [-0.2, -0.15) is 21.6 Å². The third-order valence-corrected chi connectivity index (χ3v) is 7.38. The van der Waals surface area contributed by atoms with Gasteiger partial charge in [-0.15, -0.1) is 0 Å². The number of hydrogen-bond donors (Lipinski definition) is 1. The molecule has 13 heteroatoms. The number of carbonyl (C=O) groups is 1. The fraction of sp³-hybridized carbons (Fsp3) is 0.423. The number of halogens is 6. The molecule has 6 nitrogen and oxygen atoms in total. The summed E-state index contributed by atoms with van der Waals surface area (Å²) in [5.41, 5.74) is -7.63. The van der Waals surface area contributed by atoms with Crippen LogP contribution in [0.2, 0.25) is 0 Å². The number of hydrogen-bond acceptors (Lipinski definition) is 5. The molecule has 39 heavy (non-hydrogen) atoms. The molecule has 1 aliphatic rings. The Hall–Kier alpha value is -3.06. The minimum absolute atomic E-state index is 0.0220. The molecule has 214 valence electrons. The number of alkyl halides is 4. The van der Waals surface area contributed by atoms with Crippen LogP contribution in [-0.2, 0) is 21.3 Å². The van der Waals surface area contributed by atoms with Crippen LogP contribution in [0.15, 0.2) is 29.8 Å². The zero-order valence-corrected chi connectivity index (χ0v) is 22.5. The highest BCUT2D eigenvalue weighted by Crippen LogP contribution is 2.44. The highest BCUT2D eigenvalue weighted by Gasteiger charge is 2.49. The van der Waals surface area contributed by atoms with Gasteiger partial charge in [0.15, 0.2) is 0 Å². The van der Waals surface area contributed by atoms with Gasteiger partial charge in [0.2, 0.25) is 0 Å². The molecular weight excluding hydrogens is 552 g/mol. The average Bonchev–Trinajstić information content (AvgIpc) is 2.75. The minimum atomic E-state index is -5.98. The summed E-state index contributed by atoms with van der Waals surface area (Å²) in [6.07, 6.45) is 1.17. The Balaban J connectivity index is 2.24.